The van der Waals surface area contributed by atoms with E-state index in [-0.39, 0.29) is 18.8 Å². The molecule has 0 saturated heterocycles. The molecule has 2 aromatic rings. The molecule has 1 unspecified atom stereocenters. The lowest BCUT2D eigenvalue weighted by molar-refractivity contribution is -0.122. The van der Waals surface area contributed by atoms with Gasteiger partial charge in [0.25, 0.3) is 5.91 Å². The Balaban J connectivity index is 1.58. The quantitative estimate of drug-likeness (QED) is 0.562. The Labute approximate surface area is 165 Å². The summed E-state index contributed by atoms with van der Waals surface area (Å²) in [5.74, 6) is -0.0586. The number of nitrogens with two attached hydrogens (primary N) is 1. The van der Waals surface area contributed by atoms with Crippen LogP contribution < -0.4 is 31.4 Å². The molecule has 3 rings (SSSR count). The number of hydrogen-bond donors (Lipinski definition) is 4. The van der Waals surface area contributed by atoms with Crippen molar-refractivity contribution in [2.75, 3.05) is 6.79 Å². The number of carbonyl (C=O) groups excluding carboxylic acids is 3. The number of ether oxygens (including phenoxy) is 2. The zero-order valence-electron chi connectivity index (χ0n) is 14.5. The minimum Gasteiger partial charge on any atom is -0.454 e. The molecule has 0 aliphatic carbocycles. The Bertz CT molecular complexity index is 903. The van der Waals surface area contributed by atoms with Crippen LogP contribution in [0, 0.1) is 0 Å². The molecule has 10 heteroatoms. The lowest BCUT2D eigenvalue weighted by Gasteiger charge is -2.18. The predicted octanol–water partition coefficient (Wildman–Crippen LogP) is 1.63. The molecule has 5 N–H and O–H groups in total. The smallest absolute Gasteiger partial charge is 0.312 e. The maximum atomic E-state index is 12.2. The third kappa shape index (κ3) is 4.83. The van der Waals surface area contributed by atoms with Crippen LogP contribution in [0.25, 0.3) is 0 Å². The van der Waals surface area contributed by atoms with Crippen LogP contribution in [0.2, 0.25) is 5.02 Å². The highest BCUT2D eigenvalue weighted by molar-refractivity contribution is 6.30. The number of rotatable bonds is 5. The molecule has 1 aliphatic heterocycles. The fraction of sp³-hybridized carbons (Fsp3) is 0.167. The van der Waals surface area contributed by atoms with E-state index in [1.165, 1.54) is 6.07 Å². The van der Waals surface area contributed by atoms with Gasteiger partial charge in [-0.2, -0.15) is 0 Å². The van der Waals surface area contributed by atoms with Crippen molar-refractivity contribution in [1.82, 2.24) is 16.2 Å². The van der Waals surface area contributed by atoms with E-state index in [2.05, 4.69) is 16.2 Å². The van der Waals surface area contributed by atoms with Crippen LogP contribution in [-0.2, 0) is 4.79 Å². The molecule has 28 heavy (non-hydrogen) atoms. The average molecular weight is 405 g/mol. The van der Waals surface area contributed by atoms with E-state index in [1.54, 1.807) is 36.4 Å². The molecular formula is C18H17ClN4O5. The molecule has 0 fully saturated rings. The molecule has 1 heterocycles. The SMILES string of the molecule is NC(=O)NC(CC(=O)NNC(=O)c1ccc2c(c1)OCO2)c1ccc(Cl)cc1. The number of halogens is 1. The number of urea groups is 1. The Morgan fingerprint density at radius 1 is 1.04 bits per heavy atom. The van der Waals surface area contributed by atoms with E-state index < -0.39 is 23.9 Å². The van der Waals surface area contributed by atoms with Gasteiger partial charge in [-0.15, -0.1) is 0 Å². The third-order valence-corrected chi connectivity index (χ3v) is 4.18. The summed E-state index contributed by atoms with van der Waals surface area (Å²) in [6.07, 6.45) is -0.147. The fourth-order valence-electron chi connectivity index (χ4n) is 2.59. The van der Waals surface area contributed by atoms with Gasteiger partial charge in [-0.05, 0) is 35.9 Å². The van der Waals surface area contributed by atoms with Crippen LogP contribution in [0.5, 0.6) is 11.5 Å². The number of amides is 4. The van der Waals surface area contributed by atoms with Crippen LogP contribution in [-0.4, -0.2) is 24.6 Å². The number of hydrazine groups is 1. The zero-order chi connectivity index (χ0) is 20.1. The summed E-state index contributed by atoms with van der Waals surface area (Å²) in [6, 6.07) is 9.79. The summed E-state index contributed by atoms with van der Waals surface area (Å²) in [5.41, 5.74) is 10.7. The lowest BCUT2D eigenvalue weighted by Crippen LogP contribution is -2.44. The minimum atomic E-state index is -0.780. The monoisotopic (exact) mass is 404 g/mol. The second-order valence-corrected chi connectivity index (χ2v) is 6.32. The van der Waals surface area contributed by atoms with Crippen LogP contribution in [0.4, 0.5) is 4.79 Å². The van der Waals surface area contributed by atoms with Gasteiger partial charge in [0.15, 0.2) is 11.5 Å². The summed E-state index contributed by atoms with van der Waals surface area (Å²) in [6.45, 7) is 0.0933. The second-order valence-electron chi connectivity index (χ2n) is 5.89. The van der Waals surface area contributed by atoms with Gasteiger partial charge < -0.3 is 20.5 Å². The second kappa shape index (κ2) is 8.49. The van der Waals surface area contributed by atoms with E-state index in [1.807, 2.05) is 0 Å². The van der Waals surface area contributed by atoms with Crippen LogP contribution in [0.1, 0.15) is 28.4 Å². The third-order valence-electron chi connectivity index (χ3n) is 3.93. The number of fused-ring (bicyclic) bond motifs is 1. The molecule has 1 aliphatic rings. The summed E-state index contributed by atoms with van der Waals surface area (Å²) >= 11 is 5.85. The molecule has 0 radical (unpaired) electrons. The number of primary amides is 1. The first kappa shape index (κ1) is 19.3. The van der Waals surface area contributed by atoms with E-state index in [4.69, 9.17) is 26.8 Å². The molecule has 0 spiro atoms. The van der Waals surface area contributed by atoms with Gasteiger partial charge in [-0.25, -0.2) is 4.79 Å². The Hall–Kier alpha value is -3.46. The van der Waals surface area contributed by atoms with Crippen molar-refractivity contribution in [2.24, 2.45) is 5.73 Å². The Morgan fingerprint density at radius 3 is 2.46 bits per heavy atom. The van der Waals surface area contributed by atoms with Crippen molar-refractivity contribution in [3.8, 4) is 11.5 Å². The first-order valence-corrected chi connectivity index (χ1v) is 8.60. The summed E-state index contributed by atoms with van der Waals surface area (Å²) in [7, 11) is 0. The predicted molar refractivity (Wildman–Crippen MR) is 99.7 cm³/mol. The summed E-state index contributed by atoms with van der Waals surface area (Å²) in [5, 5.41) is 3.00. The topological polar surface area (TPSA) is 132 Å². The molecule has 0 saturated carbocycles. The highest BCUT2D eigenvalue weighted by Gasteiger charge is 2.19. The molecule has 2 aromatic carbocycles. The number of benzene rings is 2. The van der Waals surface area contributed by atoms with Gasteiger partial charge in [0.05, 0.1) is 12.5 Å². The standard InChI is InChI=1S/C18H17ClN4O5/c19-12-4-1-10(2-5-12)13(21-18(20)26)8-16(24)22-23-17(25)11-3-6-14-15(7-11)28-9-27-14/h1-7,13H,8-9H2,(H,22,24)(H,23,25)(H3,20,21,26). The van der Waals surface area contributed by atoms with Gasteiger partial charge in [0.1, 0.15) is 0 Å². The Kier molecular flexibility index (Phi) is 5.85. The number of nitrogens with one attached hydrogen (secondary N) is 3. The number of carbonyl (C=O) groups is 3. The van der Waals surface area contributed by atoms with Crippen LogP contribution >= 0.6 is 11.6 Å². The van der Waals surface area contributed by atoms with Gasteiger partial charge in [0, 0.05) is 10.6 Å². The largest absolute Gasteiger partial charge is 0.454 e. The number of hydrogen-bond acceptors (Lipinski definition) is 5. The summed E-state index contributed by atoms with van der Waals surface area (Å²) in [4.78, 5) is 35.6. The molecule has 4 amide bonds. The normalized spacial score (nSPS) is 12.8. The maximum absolute atomic E-state index is 12.2. The summed E-state index contributed by atoms with van der Waals surface area (Å²) < 4.78 is 10.4. The van der Waals surface area contributed by atoms with Gasteiger partial charge in [-0.3, -0.25) is 20.4 Å². The van der Waals surface area contributed by atoms with E-state index in [9.17, 15) is 14.4 Å². The van der Waals surface area contributed by atoms with Gasteiger partial charge >= 0.3 is 6.03 Å². The van der Waals surface area contributed by atoms with Crippen molar-refractivity contribution in [2.45, 2.75) is 12.5 Å². The molecular weight excluding hydrogens is 388 g/mol. The van der Waals surface area contributed by atoms with E-state index in [0.29, 0.717) is 22.1 Å². The minimum absolute atomic E-state index is 0.0933. The van der Waals surface area contributed by atoms with Gasteiger partial charge in [0.2, 0.25) is 12.7 Å². The van der Waals surface area contributed by atoms with E-state index >= 15 is 0 Å². The highest BCUT2D eigenvalue weighted by atomic mass is 35.5. The zero-order valence-corrected chi connectivity index (χ0v) is 15.3. The molecule has 0 aromatic heterocycles. The lowest BCUT2D eigenvalue weighted by atomic mass is 10.0. The van der Waals surface area contributed by atoms with E-state index in [0.717, 1.165) is 0 Å². The fourth-order valence-corrected chi connectivity index (χ4v) is 2.72. The van der Waals surface area contributed by atoms with Crippen molar-refractivity contribution in [1.29, 1.82) is 0 Å². The molecule has 9 nitrogen and oxygen atoms in total. The van der Waals surface area contributed by atoms with Crippen LogP contribution in [0.3, 0.4) is 0 Å². The van der Waals surface area contributed by atoms with Crippen LogP contribution in [0.15, 0.2) is 42.5 Å². The van der Waals surface area contributed by atoms with Crippen molar-refractivity contribution in [3.05, 3.63) is 58.6 Å². The Morgan fingerprint density at radius 2 is 1.75 bits per heavy atom. The maximum Gasteiger partial charge on any atom is 0.312 e. The highest BCUT2D eigenvalue weighted by Crippen LogP contribution is 2.32. The molecule has 146 valence electrons. The van der Waals surface area contributed by atoms with Gasteiger partial charge in [-0.1, -0.05) is 23.7 Å². The molecule has 0 bridgehead atoms. The van der Waals surface area contributed by atoms with Crippen molar-refractivity contribution >= 4 is 29.4 Å². The first-order chi connectivity index (χ1) is 13.4. The average Bonchev–Trinajstić information content (AvgIpc) is 3.13. The first-order valence-electron chi connectivity index (χ1n) is 8.22. The van der Waals surface area contributed by atoms with Crippen molar-refractivity contribution < 1.29 is 23.9 Å². The van der Waals surface area contributed by atoms with Crippen molar-refractivity contribution in [3.63, 3.8) is 0 Å². The molecule has 1 atom stereocenters.